The molecule has 9 N–H and O–H groups in total. The number of carbonyl (C=O) groups excluding carboxylic acids is 1. The number of carboxylic acids is 2. The minimum Gasteiger partial charge on any atom is -0.479 e. The zero-order valence-electron chi connectivity index (χ0n) is 24.7. The summed E-state index contributed by atoms with van der Waals surface area (Å²) in [5.74, 6) is -7.43. The second-order valence-electron chi connectivity index (χ2n) is 11.1. The summed E-state index contributed by atoms with van der Waals surface area (Å²) in [5.41, 5.74) is 6.85. The molecule has 5 rings (SSSR count). The van der Waals surface area contributed by atoms with Crippen LogP contribution >= 0.6 is 0 Å². The van der Waals surface area contributed by atoms with E-state index in [9.17, 15) is 37.8 Å². The molecule has 0 bridgehead atoms. The summed E-state index contributed by atoms with van der Waals surface area (Å²) in [6, 6.07) is 4.61. The van der Waals surface area contributed by atoms with Crippen LogP contribution in [0.25, 0.3) is 11.3 Å². The molecule has 3 aromatic rings. The first-order valence-corrected chi connectivity index (χ1v) is 14.2. The van der Waals surface area contributed by atoms with Crippen molar-refractivity contribution < 1.29 is 58.2 Å². The Bertz CT molecular complexity index is 1630. The maximum absolute atomic E-state index is 14.5. The molecule has 47 heavy (non-hydrogen) atoms. The number of piperidine rings is 1. The number of anilines is 2. The first-order chi connectivity index (χ1) is 22.1. The van der Waals surface area contributed by atoms with Crippen LogP contribution in [0, 0.1) is 23.4 Å². The van der Waals surface area contributed by atoms with E-state index in [4.69, 9.17) is 26.2 Å². The highest BCUT2D eigenvalue weighted by atomic mass is 19.1. The number of nitrogens with one attached hydrogen (secondary N) is 1. The number of hydrogen-bond acceptors (Lipinski definition) is 11. The number of hydrogen-bond donors (Lipinski definition) is 8. The number of aliphatic hydroxyl groups excluding tert-OH is 4. The number of carboxylic acid groups (broad SMARTS) is 2. The van der Waals surface area contributed by atoms with Gasteiger partial charge in [-0.1, -0.05) is 13.0 Å². The van der Waals surface area contributed by atoms with Gasteiger partial charge in [0.1, 0.15) is 28.8 Å². The van der Waals surface area contributed by atoms with Crippen LogP contribution in [0.4, 0.5) is 24.5 Å². The molecule has 0 spiro atoms. The van der Waals surface area contributed by atoms with Crippen molar-refractivity contribution in [3.8, 4) is 11.3 Å². The Morgan fingerprint density at radius 1 is 0.979 bits per heavy atom. The highest BCUT2D eigenvalue weighted by molar-refractivity contribution is 6.05. The van der Waals surface area contributed by atoms with Crippen LogP contribution in [0.5, 0.6) is 0 Å². The fraction of sp³-hybridized carbons (Fsp3) is 0.367. The molecule has 0 saturated carbocycles. The number of aromatic nitrogens is 2. The number of amides is 1. The molecule has 1 fully saturated rings. The molecule has 252 valence electrons. The van der Waals surface area contributed by atoms with Crippen LogP contribution < -0.4 is 16.0 Å². The normalized spacial score (nSPS) is 21.6. The van der Waals surface area contributed by atoms with Gasteiger partial charge in [-0.25, -0.2) is 27.7 Å². The number of carbonyl (C=O) groups is 3. The molecule has 2 aliphatic rings. The SMILES string of the molecule is C[C@H]1CN(c2c(NC(=O)c3ccc(F)c(-c4c(F)cccc4F)n3)cnc3c2CC[C@H]3O)C[C@@H](N)[C@@H]1O.O=C(O)C(O)C(O)C(=O)O. The molecule has 1 aromatic carbocycles. The minimum absolute atomic E-state index is 0.153. The number of nitrogens with zero attached hydrogens (tertiary/aromatic N) is 3. The van der Waals surface area contributed by atoms with Crippen molar-refractivity contribution in [2.24, 2.45) is 11.7 Å². The zero-order valence-corrected chi connectivity index (χ0v) is 24.7. The first-order valence-electron chi connectivity index (χ1n) is 14.2. The highest BCUT2D eigenvalue weighted by Gasteiger charge is 2.36. The number of pyridine rings is 2. The fourth-order valence-corrected chi connectivity index (χ4v) is 5.38. The third kappa shape index (κ3) is 7.50. The molecule has 14 nitrogen and oxygen atoms in total. The van der Waals surface area contributed by atoms with Gasteiger partial charge in [-0.2, -0.15) is 0 Å². The van der Waals surface area contributed by atoms with Crippen molar-refractivity contribution >= 4 is 29.2 Å². The number of fused-ring (bicyclic) bond motifs is 1. The van der Waals surface area contributed by atoms with Gasteiger partial charge in [0.05, 0.1) is 41.0 Å². The van der Waals surface area contributed by atoms with Gasteiger partial charge in [0.15, 0.2) is 12.2 Å². The van der Waals surface area contributed by atoms with E-state index in [0.717, 1.165) is 35.9 Å². The maximum atomic E-state index is 14.5. The summed E-state index contributed by atoms with van der Waals surface area (Å²) in [4.78, 5) is 43.0. The average molecular weight is 664 g/mol. The predicted octanol–water partition coefficient (Wildman–Crippen LogP) is 0.814. The number of nitrogens with two attached hydrogens (primary N) is 1. The van der Waals surface area contributed by atoms with E-state index in [1.54, 1.807) is 0 Å². The van der Waals surface area contributed by atoms with Crippen molar-refractivity contribution in [1.29, 1.82) is 0 Å². The molecule has 3 heterocycles. The van der Waals surface area contributed by atoms with Crippen LogP contribution in [0.3, 0.4) is 0 Å². The van der Waals surface area contributed by atoms with Crippen molar-refractivity contribution in [3.05, 3.63) is 70.9 Å². The topological polar surface area (TPSA) is 240 Å². The van der Waals surface area contributed by atoms with Gasteiger partial charge in [0, 0.05) is 30.6 Å². The van der Waals surface area contributed by atoms with E-state index < -0.39 is 77.0 Å². The van der Waals surface area contributed by atoms with E-state index in [2.05, 4.69) is 15.3 Å². The molecule has 2 aromatic heterocycles. The monoisotopic (exact) mass is 663 g/mol. The van der Waals surface area contributed by atoms with Crippen LogP contribution in [0.15, 0.2) is 36.5 Å². The second-order valence-corrected chi connectivity index (χ2v) is 11.1. The summed E-state index contributed by atoms with van der Waals surface area (Å²) >= 11 is 0. The Morgan fingerprint density at radius 3 is 2.17 bits per heavy atom. The first kappa shape index (κ1) is 35.2. The summed E-state index contributed by atoms with van der Waals surface area (Å²) in [6.07, 6.45) is -3.54. The Hall–Kier alpha value is -4.68. The van der Waals surface area contributed by atoms with E-state index >= 15 is 0 Å². The Balaban J connectivity index is 0.000000434. The number of benzene rings is 1. The summed E-state index contributed by atoms with van der Waals surface area (Å²) in [5, 5.41) is 56.0. The second kappa shape index (κ2) is 14.4. The van der Waals surface area contributed by atoms with Gasteiger partial charge in [0.25, 0.3) is 5.91 Å². The Labute approximate surface area is 264 Å². The molecule has 0 radical (unpaired) electrons. The fourth-order valence-electron chi connectivity index (χ4n) is 5.38. The van der Waals surface area contributed by atoms with Gasteiger partial charge in [0.2, 0.25) is 0 Å². The molecule has 1 amide bonds. The van der Waals surface area contributed by atoms with Gasteiger partial charge in [-0.3, -0.25) is 9.78 Å². The standard InChI is InChI=1S/C26H26F3N5O3.C4H6O6/c1-12-10-34(11-17(30)25(12)36)24-13-5-8-20(35)22(13)31-9-19(24)33-26(37)18-7-6-16(29)23(32-18)21-14(27)3-2-4-15(21)28;5-1(3(7)8)2(6)4(9)10/h2-4,6-7,9,12,17,20,25,35-36H,5,8,10-11,30H2,1H3,(H,33,37);1-2,5-6H,(H,7,8)(H,9,10)/t12-,17+,20+,25+;/m0./s1. The van der Waals surface area contributed by atoms with Crippen LogP contribution in [0.1, 0.15) is 41.2 Å². The third-order valence-corrected chi connectivity index (χ3v) is 7.78. The molecular weight excluding hydrogens is 631 g/mol. The quantitative estimate of drug-likeness (QED) is 0.175. The molecule has 1 aliphatic heterocycles. The van der Waals surface area contributed by atoms with E-state index in [1.807, 2.05) is 11.8 Å². The van der Waals surface area contributed by atoms with Gasteiger partial charge < -0.3 is 46.6 Å². The van der Waals surface area contributed by atoms with Gasteiger partial charge in [-0.05, 0) is 37.1 Å². The predicted molar refractivity (Wildman–Crippen MR) is 158 cm³/mol. The molecule has 6 atom stereocenters. The van der Waals surface area contributed by atoms with Crippen molar-refractivity contribution in [1.82, 2.24) is 9.97 Å². The van der Waals surface area contributed by atoms with Gasteiger partial charge >= 0.3 is 11.9 Å². The molecule has 1 saturated heterocycles. The largest absolute Gasteiger partial charge is 0.479 e. The zero-order chi connectivity index (χ0) is 34.7. The number of rotatable bonds is 7. The average Bonchev–Trinajstić information content (AvgIpc) is 3.39. The minimum atomic E-state index is -2.27. The lowest BCUT2D eigenvalue weighted by molar-refractivity contribution is -0.165. The van der Waals surface area contributed by atoms with Gasteiger partial charge in [-0.15, -0.1) is 0 Å². The van der Waals surface area contributed by atoms with Crippen molar-refractivity contribution in [2.75, 3.05) is 23.3 Å². The van der Waals surface area contributed by atoms with Crippen molar-refractivity contribution in [2.45, 2.75) is 50.2 Å². The Kier molecular flexibility index (Phi) is 10.8. The number of aliphatic carboxylic acids is 2. The smallest absolute Gasteiger partial charge is 0.335 e. The van der Waals surface area contributed by atoms with Crippen LogP contribution in [-0.2, 0) is 16.0 Å². The maximum Gasteiger partial charge on any atom is 0.335 e. The summed E-state index contributed by atoms with van der Waals surface area (Å²) in [7, 11) is 0. The summed E-state index contributed by atoms with van der Waals surface area (Å²) < 4.78 is 43.1. The third-order valence-electron chi connectivity index (χ3n) is 7.78. The molecular formula is C30H32F3N5O9. The number of aliphatic hydroxyl groups is 4. The van der Waals surface area contributed by atoms with Crippen LogP contribution in [0.2, 0.25) is 0 Å². The van der Waals surface area contributed by atoms with E-state index in [1.165, 1.54) is 6.20 Å². The highest BCUT2D eigenvalue weighted by Crippen LogP contribution is 2.41. The lowest BCUT2D eigenvalue weighted by atomic mass is 9.92. The molecule has 2 unspecified atom stereocenters. The van der Waals surface area contributed by atoms with Crippen molar-refractivity contribution in [3.63, 3.8) is 0 Å². The lowest BCUT2D eigenvalue weighted by Crippen LogP contribution is -2.56. The lowest BCUT2D eigenvalue weighted by Gasteiger charge is -2.41. The Morgan fingerprint density at radius 2 is 1.60 bits per heavy atom. The summed E-state index contributed by atoms with van der Waals surface area (Å²) in [6.45, 7) is 2.64. The molecule has 1 aliphatic carbocycles. The number of halogens is 3. The van der Waals surface area contributed by atoms with E-state index in [0.29, 0.717) is 43.0 Å². The van der Waals surface area contributed by atoms with E-state index in [-0.39, 0.29) is 11.6 Å². The van der Waals surface area contributed by atoms with Crippen LogP contribution in [-0.4, -0.2) is 95.9 Å². The molecule has 17 heteroatoms.